The van der Waals surface area contributed by atoms with Crippen LogP contribution in [-0.4, -0.2) is 10.1 Å². The number of hydrogen-bond donors (Lipinski definition) is 0. The molecule has 0 spiro atoms. The second-order valence-corrected chi connectivity index (χ2v) is 6.17. The Balaban J connectivity index is 1.68. The SMILES string of the molecule is FC(F)(F)c1cccc(SCc2nc(-c3ccsc3)no2)c1. The number of thiophene rings is 1. The van der Waals surface area contributed by atoms with E-state index < -0.39 is 11.7 Å². The molecular weight excluding hydrogens is 333 g/mol. The predicted octanol–water partition coefficient (Wildman–Crippen LogP) is 5.11. The number of rotatable bonds is 4. The molecule has 1 aromatic carbocycles. The second-order valence-electron chi connectivity index (χ2n) is 4.34. The molecule has 0 unspecified atom stereocenters. The van der Waals surface area contributed by atoms with E-state index >= 15 is 0 Å². The number of halogens is 3. The van der Waals surface area contributed by atoms with Crippen molar-refractivity contribution in [2.45, 2.75) is 16.8 Å². The molecule has 3 nitrogen and oxygen atoms in total. The van der Waals surface area contributed by atoms with Crippen LogP contribution >= 0.6 is 23.1 Å². The third-order valence-corrected chi connectivity index (χ3v) is 4.43. The van der Waals surface area contributed by atoms with Gasteiger partial charge in [-0.15, -0.1) is 11.8 Å². The lowest BCUT2D eigenvalue weighted by Gasteiger charge is -2.07. The van der Waals surface area contributed by atoms with E-state index in [1.165, 1.54) is 29.2 Å². The predicted molar refractivity (Wildman–Crippen MR) is 78.6 cm³/mol. The summed E-state index contributed by atoms with van der Waals surface area (Å²) in [5.74, 6) is 1.18. The van der Waals surface area contributed by atoms with Crippen molar-refractivity contribution in [3.05, 3.63) is 52.5 Å². The Morgan fingerprint density at radius 3 is 2.82 bits per heavy atom. The van der Waals surface area contributed by atoms with Crippen molar-refractivity contribution in [1.82, 2.24) is 10.1 Å². The van der Waals surface area contributed by atoms with Crippen molar-refractivity contribution in [2.24, 2.45) is 0 Å². The van der Waals surface area contributed by atoms with E-state index in [9.17, 15) is 13.2 Å². The lowest BCUT2D eigenvalue weighted by Crippen LogP contribution is -2.04. The van der Waals surface area contributed by atoms with E-state index in [0.717, 1.165) is 17.7 Å². The number of hydrogen-bond acceptors (Lipinski definition) is 5. The average molecular weight is 342 g/mol. The zero-order valence-corrected chi connectivity index (χ0v) is 12.6. The van der Waals surface area contributed by atoms with Gasteiger partial charge in [0.1, 0.15) is 0 Å². The summed E-state index contributed by atoms with van der Waals surface area (Å²) in [4.78, 5) is 4.73. The molecule has 22 heavy (non-hydrogen) atoms. The summed E-state index contributed by atoms with van der Waals surface area (Å²) in [6.07, 6.45) is -4.34. The van der Waals surface area contributed by atoms with Gasteiger partial charge in [-0.05, 0) is 29.6 Å². The third kappa shape index (κ3) is 3.50. The van der Waals surface area contributed by atoms with Crippen LogP contribution in [0.3, 0.4) is 0 Å². The fourth-order valence-corrected chi connectivity index (χ4v) is 3.16. The van der Waals surface area contributed by atoms with Crippen molar-refractivity contribution in [3.63, 3.8) is 0 Å². The van der Waals surface area contributed by atoms with Crippen molar-refractivity contribution in [2.75, 3.05) is 0 Å². The molecule has 114 valence electrons. The highest BCUT2D eigenvalue weighted by atomic mass is 32.2. The Bertz CT molecular complexity index is 754. The summed E-state index contributed by atoms with van der Waals surface area (Å²) < 4.78 is 43.0. The monoisotopic (exact) mass is 342 g/mol. The first kappa shape index (κ1) is 15.1. The molecule has 0 amide bonds. The van der Waals surface area contributed by atoms with Gasteiger partial charge in [-0.3, -0.25) is 0 Å². The number of aromatic nitrogens is 2. The van der Waals surface area contributed by atoms with Gasteiger partial charge in [-0.25, -0.2) is 0 Å². The van der Waals surface area contributed by atoms with E-state index in [4.69, 9.17) is 4.52 Å². The van der Waals surface area contributed by atoms with Crippen LogP contribution in [0.5, 0.6) is 0 Å². The molecule has 0 aliphatic heterocycles. The first-order chi connectivity index (χ1) is 10.5. The van der Waals surface area contributed by atoms with E-state index in [-0.39, 0.29) is 0 Å². The molecule has 3 aromatic rings. The number of thioether (sulfide) groups is 1. The lowest BCUT2D eigenvalue weighted by atomic mass is 10.2. The highest BCUT2D eigenvalue weighted by Crippen LogP contribution is 2.32. The second kappa shape index (κ2) is 6.13. The summed E-state index contributed by atoms with van der Waals surface area (Å²) in [5, 5.41) is 7.66. The molecular formula is C14H9F3N2OS2. The van der Waals surface area contributed by atoms with Crippen LogP contribution in [0.25, 0.3) is 11.4 Å². The Kier molecular flexibility index (Phi) is 4.21. The van der Waals surface area contributed by atoms with Crippen LogP contribution in [0.4, 0.5) is 13.2 Å². The molecule has 2 aromatic heterocycles. The van der Waals surface area contributed by atoms with Gasteiger partial charge in [-0.2, -0.15) is 29.5 Å². The summed E-state index contributed by atoms with van der Waals surface area (Å²) in [5.41, 5.74) is 0.200. The van der Waals surface area contributed by atoms with E-state index in [1.54, 1.807) is 6.07 Å². The molecule has 2 heterocycles. The maximum absolute atomic E-state index is 12.6. The van der Waals surface area contributed by atoms with E-state index in [0.29, 0.717) is 22.4 Å². The minimum Gasteiger partial charge on any atom is -0.338 e. The molecule has 0 N–H and O–H groups in total. The number of alkyl halides is 3. The molecule has 0 fully saturated rings. The Morgan fingerprint density at radius 1 is 1.23 bits per heavy atom. The van der Waals surface area contributed by atoms with Gasteiger partial charge in [0.25, 0.3) is 0 Å². The first-order valence-electron chi connectivity index (χ1n) is 6.17. The fourth-order valence-electron chi connectivity index (χ4n) is 1.73. The molecule has 0 aliphatic rings. The molecule has 0 aliphatic carbocycles. The van der Waals surface area contributed by atoms with E-state index in [2.05, 4.69) is 10.1 Å². The van der Waals surface area contributed by atoms with Crippen LogP contribution in [0.2, 0.25) is 0 Å². The zero-order valence-electron chi connectivity index (χ0n) is 11.0. The van der Waals surface area contributed by atoms with Crippen molar-refractivity contribution in [3.8, 4) is 11.4 Å². The van der Waals surface area contributed by atoms with E-state index in [1.807, 2.05) is 16.8 Å². The van der Waals surface area contributed by atoms with Crippen LogP contribution in [0.15, 0.2) is 50.5 Å². The summed E-state index contributed by atoms with van der Waals surface area (Å²) in [7, 11) is 0. The first-order valence-corrected chi connectivity index (χ1v) is 8.10. The maximum atomic E-state index is 12.6. The van der Waals surface area contributed by atoms with Crippen LogP contribution in [-0.2, 0) is 11.9 Å². The van der Waals surface area contributed by atoms with Gasteiger partial charge in [0.2, 0.25) is 11.7 Å². The topological polar surface area (TPSA) is 38.9 Å². The van der Waals surface area contributed by atoms with Gasteiger partial charge < -0.3 is 4.52 Å². The van der Waals surface area contributed by atoms with Gasteiger partial charge in [0.15, 0.2) is 0 Å². The molecule has 0 radical (unpaired) electrons. The molecule has 8 heteroatoms. The molecule has 0 atom stereocenters. The minimum absolute atomic E-state index is 0.318. The Labute approximate surface area is 132 Å². The van der Waals surface area contributed by atoms with Crippen molar-refractivity contribution in [1.29, 1.82) is 0 Å². The Morgan fingerprint density at radius 2 is 2.09 bits per heavy atom. The standard InChI is InChI=1S/C14H9F3N2OS2/c15-14(16,17)10-2-1-3-11(6-10)22-8-12-18-13(19-20-12)9-4-5-21-7-9/h1-7H,8H2. The van der Waals surface area contributed by atoms with Crippen LogP contribution < -0.4 is 0 Å². The quantitative estimate of drug-likeness (QED) is 0.618. The van der Waals surface area contributed by atoms with Crippen molar-refractivity contribution >= 4 is 23.1 Å². The average Bonchev–Trinajstić information content (AvgIpc) is 3.15. The van der Waals surface area contributed by atoms with Crippen LogP contribution in [0, 0.1) is 0 Å². The highest BCUT2D eigenvalue weighted by molar-refractivity contribution is 7.98. The van der Waals surface area contributed by atoms with Crippen LogP contribution in [0.1, 0.15) is 11.5 Å². The molecule has 3 rings (SSSR count). The molecule has 0 saturated heterocycles. The Hall–Kier alpha value is -1.80. The highest BCUT2D eigenvalue weighted by Gasteiger charge is 2.30. The van der Waals surface area contributed by atoms with Gasteiger partial charge >= 0.3 is 6.18 Å². The minimum atomic E-state index is -4.34. The van der Waals surface area contributed by atoms with Gasteiger partial charge in [-0.1, -0.05) is 11.2 Å². The summed E-state index contributed by atoms with van der Waals surface area (Å²) in [6, 6.07) is 7.04. The fraction of sp³-hybridized carbons (Fsp3) is 0.143. The number of nitrogens with zero attached hydrogens (tertiary/aromatic N) is 2. The third-order valence-electron chi connectivity index (χ3n) is 2.77. The summed E-state index contributed by atoms with van der Waals surface area (Å²) >= 11 is 2.75. The normalized spacial score (nSPS) is 11.8. The smallest absolute Gasteiger partial charge is 0.338 e. The lowest BCUT2D eigenvalue weighted by molar-refractivity contribution is -0.137. The zero-order chi connectivity index (χ0) is 15.6. The van der Waals surface area contributed by atoms with Gasteiger partial charge in [0.05, 0.1) is 11.3 Å². The largest absolute Gasteiger partial charge is 0.416 e. The van der Waals surface area contributed by atoms with Gasteiger partial charge in [0, 0.05) is 15.8 Å². The molecule has 0 bridgehead atoms. The molecule has 0 saturated carbocycles. The summed E-state index contributed by atoms with van der Waals surface area (Å²) in [6.45, 7) is 0. The maximum Gasteiger partial charge on any atom is 0.416 e. The van der Waals surface area contributed by atoms with Crippen molar-refractivity contribution < 1.29 is 17.7 Å². The number of benzene rings is 1.